The van der Waals surface area contributed by atoms with Crippen molar-refractivity contribution in [1.29, 1.82) is 0 Å². The lowest BCUT2D eigenvalue weighted by molar-refractivity contribution is -0.137. The molecule has 224 valence electrons. The van der Waals surface area contributed by atoms with Gasteiger partial charge in [0.15, 0.2) is 0 Å². The van der Waals surface area contributed by atoms with Crippen LogP contribution < -0.4 is 5.32 Å². The molecule has 2 N–H and O–H groups in total. The maximum absolute atomic E-state index is 13.7. The van der Waals surface area contributed by atoms with Crippen molar-refractivity contribution in [3.63, 3.8) is 0 Å². The summed E-state index contributed by atoms with van der Waals surface area (Å²) in [7, 11) is 0. The molecular weight excluding hydrogens is 549 g/mol. The Kier molecular flexibility index (Phi) is 5.77. The minimum Gasteiger partial charge on any atom is -0.478 e. The van der Waals surface area contributed by atoms with E-state index in [1.165, 1.54) is 25.7 Å². The number of aromatic nitrogens is 1. The van der Waals surface area contributed by atoms with E-state index in [-0.39, 0.29) is 29.3 Å². The lowest BCUT2D eigenvalue weighted by atomic mass is 9.68. The van der Waals surface area contributed by atoms with E-state index in [1.54, 1.807) is 0 Å². The molecule has 7 nitrogen and oxygen atoms in total. The molecule has 8 rings (SSSR count). The summed E-state index contributed by atoms with van der Waals surface area (Å²) in [6.45, 7) is 0.470. The van der Waals surface area contributed by atoms with Crippen LogP contribution in [0.3, 0.4) is 0 Å². The number of hydrogen-bond acceptors (Lipinski definition) is 5. The molecule has 2 aromatic rings. The topological polar surface area (TPSA) is 102 Å². The molecule has 0 radical (unpaired) electrons. The second kappa shape index (κ2) is 9.07. The van der Waals surface area contributed by atoms with Gasteiger partial charge in [0.2, 0.25) is 5.91 Å². The first kappa shape index (κ1) is 26.7. The number of anilines is 1. The zero-order valence-electron chi connectivity index (χ0n) is 23.3. The van der Waals surface area contributed by atoms with Gasteiger partial charge in [0.25, 0.3) is 0 Å². The molecular formula is C32H35F3N2O5. The number of rotatable bonds is 8. The number of nitrogens with one attached hydrogen (secondary N) is 1. The molecule has 0 saturated heterocycles. The number of carbonyl (C=O) groups is 2. The Balaban J connectivity index is 0.941. The van der Waals surface area contributed by atoms with Gasteiger partial charge in [-0.05, 0) is 111 Å². The molecule has 42 heavy (non-hydrogen) atoms. The van der Waals surface area contributed by atoms with Gasteiger partial charge in [0, 0.05) is 23.3 Å². The highest BCUT2D eigenvalue weighted by atomic mass is 19.4. The number of halogens is 3. The summed E-state index contributed by atoms with van der Waals surface area (Å²) >= 11 is 0. The predicted molar refractivity (Wildman–Crippen MR) is 144 cm³/mol. The summed E-state index contributed by atoms with van der Waals surface area (Å²) in [5.74, 6) is -0.0492. The maximum Gasteiger partial charge on any atom is 0.418 e. The van der Waals surface area contributed by atoms with Gasteiger partial charge in [0.05, 0.1) is 35.2 Å². The van der Waals surface area contributed by atoms with E-state index in [1.807, 2.05) is 0 Å². The summed E-state index contributed by atoms with van der Waals surface area (Å²) in [6, 6.07) is 2.70. The zero-order chi connectivity index (χ0) is 29.0. The minimum absolute atomic E-state index is 0.0179. The van der Waals surface area contributed by atoms with Crippen LogP contribution in [0.5, 0.6) is 0 Å². The number of carboxylic acids is 1. The van der Waals surface area contributed by atoms with Crippen molar-refractivity contribution in [3.05, 3.63) is 46.3 Å². The Morgan fingerprint density at radius 1 is 1.02 bits per heavy atom. The number of aromatic carboxylic acids is 1. The highest BCUT2D eigenvalue weighted by molar-refractivity contribution is 5.97. The smallest absolute Gasteiger partial charge is 0.418 e. The third-order valence-corrected chi connectivity index (χ3v) is 11.8. The molecule has 6 aliphatic rings. The highest BCUT2D eigenvalue weighted by Crippen LogP contribution is 2.80. The molecule has 0 bridgehead atoms. The molecule has 6 aliphatic carbocycles. The van der Waals surface area contributed by atoms with Crippen molar-refractivity contribution in [2.45, 2.75) is 101 Å². The zero-order valence-corrected chi connectivity index (χ0v) is 23.3. The average molecular weight is 585 g/mol. The van der Waals surface area contributed by atoms with Crippen LogP contribution in [0.2, 0.25) is 0 Å². The highest BCUT2D eigenvalue weighted by Gasteiger charge is 2.79. The number of amides is 1. The molecule has 0 aliphatic heterocycles. The maximum atomic E-state index is 13.7. The fourth-order valence-corrected chi connectivity index (χ4v) is 9.01. The molecule has 1 heterocycles. The van der Waals surface area contributed by atoms with E-state index < -0.39 is 34.9 Å². The second-order valence-corrected chi connectivity index (χ2v) is 13.9. The number of carbonyl (C=O) groups excluding carboxylic acids is 1. The number of hydrogen-bond donors (Lipinski definition) is 2. The largest absolute Gasteiger partial charge is 0.478 e. The van der Waals surface area contributed by atoms with Gasteiger partial charge in [-0.25, -0.2) is 4.79 Å². The number of ether oxygens (including phenoxy) is 1. The number of nitrogens with zero attached hydrogens (tertiary/aromatic N) is 1. The summed E-state index contributed by atoms with van der Waals surface area (Å²) in [6.07, 6.45) is 7.62. The lowest BCUT2D eigenvalue weighted by Gasteiger charge is -2.39. The Bertz CT molecular complexity index is 1450. The monoisotopic (exact) mass is 584 g/mol. The molecule has 10 heteroatoms. The summed E-state index contributed by atoms with van der Waals surface area (Å²) in [5, 5.41) is 16.2. The van der Waals surface area contributed by atoms with Crippen molar-refractivity contribution < 1.29 is 37.1 Å². The van der Waals surface area contributed by atoms with Crippen molar-refractivity contribution in [3.8, 4) is 0 Å². The molecule has 2 spiro atoms. The molecule has 5 atom stereocenters. The molecule has 6 saturated carbocycles. The van der Waals surface area contributed by atoms with Crippen molar-refractivity contribution >= 4 is 17.6 Å². The SMILES string of the molecule is O=C(O)c1ccc(NC(=O)C2C3CC(OCc4c(C5CCC6(CC5)CC6)noc4C4CC4)C4CC[C@@]432)c(C(F)(F)F)c1. The van der Waals surface area contributed by atoms with E-state index >= 15 is 0 Å². The van der Waals surface area contributed by atoms with Crippen LogP contribution in [0.25, 0.3) is 0 Å². The predicted octanol–water partition coefficient (Wildman–Crippen LogP) is 7.28. The molecule has 6 fully saturated rings. The van der Waals surface area contributed by atoms with Gasteiger partial charge >= 0.3 is 12.1 Å². The van der Waals surface area contributed by atoms with Crippen molar-refractivity contribution in [1.82, 2.24) is 5.16 Å². The van der Waals surface area contributed by atoms with Crippen molar-refractivity contribution in [2.24, 2.45) is 28.6 Å². The Morgan fingerprint density at radius 3 is 2.38 bits per heavy atom. The van der Waals surface area contributed by atoms with Crippen LogP contribution in [-0.2, 0) is 22.3 Å². The first-order chi connectivity index (χ1) is 20.1. The minimum atomic E-state index is -4.79. The van der Waals surface area contributed by atoms with Crippen LogP contribution in [0.4, 0.5) is 18.9 Å². The first-order valence-electron chi connectivity index (χ1n) is 15.4. The van der Waals surface area contributed by atoms with Gasteiger partial charge in [-0.2, -0.15) is 13.2 Å². The van der Waals surface area contributed by atoms with Crippen LogP contribution in [0, 0.1) is 28.6 Å². The number of carboxylic acid groups (broad SMARTS) is 1. The Labute approximate surface area is 241 Å². The van der Waals surface area contributed by atoms with Gasteiger partial charge in [0.1, 0.15) is 5.76 Å². The standard InChI is InChI=1S/C32H35F3N2O5/c33-32(34,35)21-13-18(29(39)40)3-4-23(21)36-28(38)25-22-14-24(20-7-10-31(20,22)25)41-15-19-26(37-42-27(19)17-1-2-17)16-5-8-30(9-6-16)11-12-30/h3-4,13,16-17,20,22,24-25H,1-2,5-12,14-15H2,(H,36,38)(H,39,40)/t20?,22?,24?,25?,31-/m1/s1. The van der Waals surface area contributed by atoms with Gasteiger partial charge in [-0.3, -0.25) is 4.79 Å². The number of benzene rings is 1. The van der Waals surface area contributed by atoms with Gasteiger partial charge < -0.3 is 19.7 Å². The van der Waals surface area contributed by atoms with Gasteiger partial charge in [-0.15, -0.1) is 0 Å². The summed E-state index contributed by atoms with van der Waals surface area (Å²) in [4.78, 5) is 24.5. The second-order valence-electron chi connectivity index (χ2n) is 13.9. The molecule has 4 unspecified atom stereocenters. The number of alkyl halides is 3. The quantitative estimate of drug-likeness (QED) is 0.338. The van der Waals surface area contributed by atoms with E-state index in [0.717, 1.165) is 74.1 Å². The molecule has 1 aromatic heterocycles. The van der Waals surface area contributed by atoms with Crippen LogP contribution in [0.1, 0.15) is 115 Å². The first-order valence-corrected chi connectivity index (χ1v) is 15.4. The summed E-state index contributed by atoms with van der Waals surface area (Å²) < 4.78 is 53.6. The fourth-order valence-electron chi connectivity index (χ4n) is 9.01. The third-order valence-electron chi connectivity index (χ3n) is 11.8. The van der Waals surface area contributed by atoms with Crippen molar-refractivity contribution in [2.75, 3.05) is 5.32 Å². The van der Waals surface area contributed by atoms with Crippen LogP contribution in [0.15, 0.2) is 22.7 Å². The van der Waals surface area contributed by atoms with Crippen LogP contribution in [-0.4, -0.2) is 28.2 Å². The molecule has 1 amide bonds. The lowest BCUT2D eigenvalue weighted by Crippen LogP contribution is -2.39. The van der Waals surface area contributed by atoms with Gasteiger partial charge in [-0.1, -0.05) is 5.16 Å². The Hall–Kier alpha value is -2.88. The average Bonchev–Trinajstić information content (AvgIpc) is 3.87. The fraction of sp³-hybridized carbons (Fsp3) is 0.656. The third kappa shape index (κ3) is 4.14. The van der Waals surface area contributed by atoms with E-state index in [4.69, 9.17) is 14.4 Å². The molecule has 1 aromatic carbocycles. The van der Waals surface area contributed by atoms with E-state index in [0.29, 0.717) is 29.9 Å². The normalized spacial score (nSPS) is 32.6. The van der Waals surface area contributed by atoms with Crippen LogP contribution >= 0.6 is 0 Å². The van der Waals surface area contributed by atoms with E-state index in [9.17, 15) is 22.8 Å². The Morgan fingerprint density at radius 2 is 1.79 bits per heavy atom. The summed E-state index contributed by atoms with van der Waals surface area (Å²) in [5.41, 5.74) is 0.619. The van der Waals surface area contributed by atoms with E-state index in [2.05, 4.69) is 10.5 Å².